The molecule has 3 aliphatic heterocycles. The van der Waals surface area contributed by atoms with Gasteiger partial charge in [0.25, 0.3) is 5.91 Å². The molecule has 3 aliphatic rings. The number of methoxy groups -OCH3 is 1. The number of rotatable bonds is 11. The molecule has 1 aromatic heterocycles. The zero-order chi connectivity index (χ0) is 29.8. The molecule has 2 amide bonds. The summed E-state index contributed by atoms with van der Waals surface area (Å²) in [6, 6.07) is 13.8. The first kappa shape index (κ1) is 29.2. The average Bonchev–Trinajstić information content (AvgIpc) is 3.53. The molecule has 2 fully saturated rings. The molecule has 6 rings (SSSR count). The third-order valence-corrected chi connectivity index (χ3v) is 8.97. The lowest BCUT2D eigenvalue weighted by Crippen LogP contribution is -2.54. The molecule has 4 heterocycles. The number of benzene rings is 2. The molecule has 0 aliphatic carbocycles. The van der Waals surface area contributed by atoms with E-state index in [0.29, 0.717) is 38.3 Å². The van der Waals surface area contributed by atoms with Gasteiger partial charge in [0.1, 0.15) is 17.6 Å². The van der Waals surface area contributed by atoms with Gasteiger partial charge in [0.2, 0.25) is 0 Å². The van der Waals surface area contributed by atoms with Crippen molar-refractivity contribution in [3.05, 3.63) is 65.2 Å². The van der Waals surface area contributed by atoms with E-state index in [0.717, 1.165) is 40.8 Å². The molecule has 43 heavy (non-hydrogen) atoms. The molecule has 0 spiro atoms. The molecule has 228 valence electrons. The smallest absolute Gasteiger partial charge is 0.407 e. The SMILES string of the molecule is COCCCN1C(=O)COc2ccc(COC3CN(C(=O)O)CCC3c3ccc(OC4CN(c5nccs5)C4)cc3)cc21. The normalized spacial score (nSPS) is 20.4. The van der Waals surface area contributed by atoms with E-state index >= 15 is 0 Å². The maximum absolute atomic E-state index is 12.6. The van der Waals surface area contributed by atoms with Crippen LogP contribution < -0.4 is 19.3 Å². The maximum atomic E-state index is 12.6. The Morgan fingerprint density at radius 2 is 2.00 bits per heavy atom. The Hall–Kier alpha value is -3.87. The number of fused-ring (bicyclic) bond motifs is 1. The molecule has 11 nitrogen and oxygen atoms in total. The fourth-order valence-corrected chi connectivity index (χ4v) is 6.48. The van der Waals surface area contributed by atoms with Gasteiger partial charge in [-0.2, -0.15) is 0 Å². The number of ether oxygens (including phenoxy) is 4. The van der Waals surface area contributed by atoms with Crippen molar-refractivity contribution >= 4 is 34.2 Å². The second-order valence-electron chi connectivity index (χ2n) is 11.0. The lowest BCUT2D eigenvalue weighted by atomic mass is 9.87. The van der Waals surface area contributed by atoms with Crippen molar-refractivity contribution in [1.29, 1.82) is 0 Å². The predicted molar refractivity (Wildman–Crippen MR) is 162 cm³/mol. The Kier molecular flexibility index (Phi) is 8.96. The van der Waals surface area contributed by atoms with E-state index < -0.39 is 6.09 Å². The number of piperidine rings is 1. The van der Waals surface area contributed by atoms with Crippen LogP contribution in [0.4, 0.5) is 15.6 Å². The molecular formula is C31H36N4O7S. The van der Waals surface area contributed by atoms with Gasteiger partial charge in [0.05, 0.1) is 38.0 Å². The standard InChI is InChI=1S/C31H36N4O7S/c1-39-13-2-11-35-26-15-21(3-8-27(26)41-20-29(35)36)19-40-28-18-33(31(37)38)12-9-25(28)22-4-6-23(7-5-22)42-24-16-34(17-24)30-32-10-14-43-30/h3-8,10,14-15,24-25,28H,2,9,11-13,16-20H2,1H3,(H,37,38). The third-order valence-electron chi connectivity index (χ3n) is 8.14. The summed E-state index contributed by atoms with van der Waals surface area (Å²) in [5, 5.41) is 12.7. The van der Waals surface area contributed by atoms with Gasteiger partial charge in [-0.1, -0.05) is 18.2 Å². The minimum atomic E-state index is -0.945. The Morgan fingerprint density at radius 1 is 1.16 bits per heavy atom. The first-order valence-corrected chi connectivity index (χ1v) is 15.4. The van der Waals surface area contributed by atoms with E-state index in [9.17, 15) is 14.7 Å². The molecule has 2 unspecified atom stereocenters. The number of hydrogen-bond acceptors (Lipinski definition) is 9. The minimum Gasteiger partial charge on any atom is -0.487 e. The summed E-state index contributed by atoms with van der Waals surface area (Å²) in [4.78, 5) is 34.1. The van der Waals surface area contributed by atoms with Crippen LogP contribution in [0.15, 0.2) is 54.0 Å². The summed E-state index contributed by atoms with van der Waals surface area (Å²) >= 11 is 1.63. The van der Waals surface area contributed by atoms with Crippen LogP contribution in [0.1, 0.15) is 29.9 Å². The van der Waals surface area contributed by atoms with E-state index in [1.54, 1.807) is 23.3 Å². The molecule has 0 radical (unpaired) electrons. The molecule has 2 saturated heterocycles. The summed E-state index contributed by atoms with van der Waals surface area (Å²) in [5.41, 5.74) is 2.70. The molecule has 12 heteroatoms. The molecule has 2 atom stereocenters. The summed E-state index contributed by atoms with van der Waals surface area (Å²) < 4.78 is 23.4. The highest BCUT2D eigenvalue weighted by molar-refractivity contribution is 7.13. The molecule has 0 bridgehead atoms. The van der Waals surface area contributed by atoms with Crippen LogP contribution in [0, 0.1) is 0 Å². The number of carbonyl (C=O) groups excluding carboxylic acids is 1. The number of amides is 2. The van der Waals surface area contributed by atoms with E-state index in [-0.39, 0.29) is 43.8 Å². The molecule has 2 aromatic carbocycles. The Bertz CT molecular complexity index is 1400. The number of aromatic nitrogens is 1. The van der Waals surface area contributed by atoms with E-state index in [1.807, 2.05) is 41.9 Å². The molecule has 1 N–H and O–H groups in total. The molecular weight excluding hydrogens is 572 g/mol. The largest absolute Gasteiger partial charge is 0.487 e. The zero-order valence-corrected chi connectivity index (χ0v) is 24.9. The topological polar surface area (TPSA) is 114 Å². The number of anilines is 2. The number of likely N-dealkylation sites (tertiary alicyclic amines) is 1. The fourth-order valence-electron chi connectivity index (χ4n) is 5.82. The van der Waals surface area contributed by atoms with Crippen molar-refractivity contribution in [3.63, 3.8) is 0 Å². The monoisotopic (exact) mass is 608 g/mol. The van der Waals surface area contributed by atoms with Crippen LogP contribution in [-0.4, -0.2) is 92.2 Å². The van der Waals surface area contributed by atoms with Crippen LogP contribution in [0.2, 0.25) is 0 Å². The van der Waals surface area contributed by atoms with Gasteiger partial charge in [-0.15, -0.1) is 11.3 Å². The zero-order valence-electron chi connectivity index (χ0n) is 24.1. The quantitative estimate of drug-likeness (QED) is 0.320. The summed E-state index contributed by atoms with van der Waals surface area (Å²) in [6.45, 7) is 3.74. The lowest BCUT2D eigenvalue weighted by molar-refractivity contribution is -0.121. The van der Waals surface area contributed by atoms with Gasteiger partial charge in [-0.25, -0.2) is 9.78 Å². The highest BCUT2D eigenvalue weighted by Gasteiger charge is 2.34. The van der Waals surface area contributed by atoms with Gasteiger partial charge in [0, 0.05) is 44.3 Å². The van der Waals surface area contributed by atoms with Gasteiger partial charge < -0.3 is 38.8 Å². The van der Waals surface area contributed by atoms with Crippen molar-refractivity contribution in [2.24, 2.45) is 0 Å². The van der Waals surface area contributed by atoms with E-state index in [1.165, 1.54) is 4.90 Å². The van der Waals surface area contributed by atoms with Crippen LogP contribution >= 0.6 is 11.3 Å². The summed E-state index contributed by atoms with van der Waals surface area (Å²) in [5.74, 6) is 1.41. The van der Waals surface area contributed by atoms with Gasteiger partial charge in [-0.05, 0) is 48.2 Å². The van der Waals surface area contributed by atoms with Crippen LogP contribution in [0.5, 0.6) is 11.5 Å². The van der Waals surface area contributed by atoms with Crippen LogP contribution in [0.25, 0.3) is 0 Å². The number of carbonyl (C=O) groups is 2. The highest BCUT2D eigenvalue weighted by Crippen LogP contribution is 2.36. The fraction of sp³-hybridized carbons (Fsp3) is 0.452. The summed E-state index contributed by atoms with van der Waals surface area (Å²) in [7, 11) is 1.64. The average molecular weight is 609 g/mol. The second-order valence-corrected chi connectivity index (χ2v) is 11.9. The van der Waals surface area contributed by atoms with Crippen LogP contribution in [0.3, 0.4) is 0 Å². The first-order valence-electron chi connectivity index (χ1n) is 14.5. The van der Waals surface area contributed by atoms with Crippen molar-refractivity contribution in [2.75, 3.05) is 62.8 Å². The number of nitrogens with zero attached hydrogens (tertiary/aromatic N) is 4. The van der Waals surface area contributed by atoms with Gasteiger partial charge in [0.15, 0.2) is 11.7 Å². The molecule has 3 aromatic rings. The van der Waals surface area contributed by atoms with E-state index in [4.69, 9.17) is 18.9 Å². The minimum absolute atomic E-state index is 0.0141. The van der Waals surface area contributed by atoms with Crippen molar-refractivity contribution in [1.82, 2.24) is 9.88 Å². The Morgan fingerprint density at radius 3 is 2.74 bits per heavy atom. The van der Waals surface area contributed by atoms with Gasteiger partial charge in [-0.3, -0.25) is 4.79 Å². The van der Waals surface area contributed by atoms with Crippen LogP contribution in [-0.2, 0) is 20.9 Å². The Labute approximate surface area is 254 Å². The predicted octanol–water partition coefficient (Wildman–Crippen LogP) is 4.23. The van der Waals surface area contributed by atoms with Gasteiger partial charge >= 0.3 is 6.09 Å². The molecule has 0 saturated carbocycles. The number of hydrogen-bond donors (Lipinski definition) is 1. The maximum Gasteiger partial charge on any atom is 0.407 e. The lowest BCUT2D eigenvalue weighted by Gasteiger charge is -2.39. The van der Waals surface area contributed by atoms with Crippen molar-refractivity contribution < 1.29 is 33.6 Å². The second kappa shape index (κ2) is 13.2. The van der Waals surface area contributed by atoms with Crippen molar-refractivity contribution in [2.45, 2.75) is 37.6 Å². The van der Waals surface area contributed by atoms with Crippen molar-refractivity contribution in [3.8, 4) is 11.5 Å². The summed E-state index contributed by atoms with van der Waals surface area (Å²) in [6.07, 6.45) is 2.03. The Balaban J connectivity index is 1.11. The number of thiazole rings is 1. The highest BCUT2D eigenvalue weighted by atomic mass is 32.1. The van der Waals surface area contributed by atoms with E-state index in [2.05, 4.69) is 22.0 Å². The number of carboxylic acid groups (broad SMARTS) is 1. The first-order chi connectivity index (χ1) is 21.0. The third kappa shape index (κ3) is 6.71.